The molecule has 0 saturated carbocycles. The number of benzene rings is 2. The molecule has 1 unspecified atom stereocenters. The second-order valence-corrected chi connectivity index (χ2v) is 6.24. The number of rotatable bonds is 4. The fourth-order valence-corrected chi connectivity index (χ4v) is 2.83. The van der Waals surface area contributed by atoms with E-state index in [2.05, 4.69) is 0 Å². The smallest absolute Gasteiger partial charge is 0.326 e. The van der Waals surface area contributed by atoms with Crippen molar-refractivity contribution in [3.05, 3.63) is 75.6 Å². The molecule has 2 aromatic rings. The molecule has 25 heavy (non-hydrogen) atoms. The van der Waals surface area contributed by atoms with Crippen molar-refractivity contribution in [2.45, 2.75) is 39.4 Å². The quantitative estimate of drug-likeness (QED) is 0.716. The maximum absolute atomic E-state index is 13.7. The van der Waals surface area contributed by atoms with E-state index >= 15 is 0 Å². The van der Waals surface area contributed by atoms with E-state index in [1.54, 1.807) is 12.1 Å². The number of aryl methyl sites for hydroxylation is 3. The molecule has 2 aromatic carbocycles. The highest BCUT2D eigenvalue weighted by atomic mass is 19.4. The van der Waals surface area contributed by atoms with Crippen molar-refractivity contribution in [1.29, 1.82) is 0 Å². The van der Waals surface area contributed by atoms with Crippen LogP contribution in [0.3, 0.4) is 0 Å². The van der Waals surface area contributed by atoms with Crippen LogP contribution in [-0.4, -0.2) is 6.18 Å². The number of halogens is 4. The van der Waals surface area contributed by atoms with Crippen LogP contribution in [0.15, 0.2) is 36.4 Å². The van der Waals surface area contributed by atoms with Gasteiger partial charge in [0.2, 0.25) is 0 Å². The van der Waals surface area contributed by atoms with Gasteiger partial charge in [0.15, 0.2) is 0 Å². The van der Waals surface area contributed by atoms with E-state index in [0.29, 0.717) is 12.1 Å². The van der Waals surface area contributed by atoms with E-state index in [1.807, 2.05) is 13.0 Å². The molecular formula is C20H21F4N. The maximum Gasteiger partial charge on any atom is 0.399 e. The van der Waals surface area contributed by atoms with E-state index in [-0.39, 0.29) is 16.7 Å². The van der Waals surface area contributed by atoms with Crippen LogP contribution in [0.4, 0.5) is 17.6 Å². The van der Waals surface area contributed by atoms with Gasteiger partial charge in [-0.25, -0.2) is 4.39 Å². The molecule has 0 radical (unpaired) electrons. The van der Waals surface area contributed by atoms with Crippen molar-refractivity contribution >= 4 is 6.08 Å². The molecule has 134 valence electrons. The Balaban J connectivity index is 2.41. The lowest BCUT2D eigenvalue weighted by Crippen LogP contribution is -2.19. The minimum atomic E-state index is -4.46. The lowest BCUT2D eigenvalue weighted by molar-refractivity contribution is -0.139. The van der Waals surface area contributed by atoms with Gasteiger partial charge in [-0.05, 0) is 54.2 Å². The number of hydrogen-bond acceptors (Lipinski definition) is 1. The molecule has 0 bridgehead atoms. The lowest BCUT2D eigenvalue weighted by atomic mass is 9.93. The summed E-state index contributed by atoms with van der Waals surface area (Å²) in [6.07, 6.45) is -1.90. The highest BCUT2D eigenvalue weighted by Gasteiger charge is 2.39. The molecular weight excluding hydrogens is 330 g/mol. The van der Waals surface area contributed by atoms with Crippen LogP contribution in [0, 0.1) is 26.6 Å². The first-order chi connectivity index (χ1) is 11.6. The molecule has 2 rings (SSSR count). The van der Waals surface area contributed by atoms with Gasteiger partial charge in [0.25, 0.3) is 0 Å². The molecule has 0 spiro atoms. The number of nitrogens with two attached hydrogens (primary N) is 1. The normalized spacial score (nSPS) is 13.4. The van der Waals surface area contributed by atoms with Gasteiger partial charge in [-0.3, -0.25) is 0 Å². The van der Waals surface area contributed by atoms with Crippen molar-refractivity contribution < 1.29 is 17.6 Å². The lowest BCUT2D eigenvalue weighted by Gasteiger charge is -2.19. The van der Waals surface area contributed by atoms with Crippen molar-refractivity contribution in [1.82, 2.24) is 0 Å². The van der Waals surface area contributed by atoms with Gasteiger partial charge in [0.05, 0.1) is 5.92 Å². The SMILES string of the molecule is Cc1cc(/C=C/C(c2cc(C)c(F)c(C)c2)C(F)(F)F)ccc1CN. The monoisotopic (exact) mass is 351 g/mol. The van der Waals surface area contributed by atoms with Crippen LogP contribution < -0.4 is 5.73 Å². The van der Waals surface area contributed by atoms with Crippen molar-refractivity contribution in [2.24, 2.45) is 5.73 Å². The van der Waals surface area contributed by atoms with Gasteiger partial charge in [-0.1, -0.05) is 42.5 Å². The molecule has 0 aliphatic heterocycles. The summed E-state index contributed by atoms with van der Waals surface area (Å²) in [5, 5.41) is 0. The van der Waals surface area contributed by atoms with Crippen molar-refractivity contribution in [3.63, 3.8) is 0 Å². The Bertz CT molecular complexity index is 768. The topological polar surface area (TPSA) is 26.0 Å². The minimum Gasteiger partial charge on any atom is -0.326 e. The second kappa shape index (κ2) is 7.40. The highest BCUT2D eigenvalue weighted by Crippen LogP contribution is 2.37. The van der Waals surface area contributed by atoms with Gasteiger partial charge in [0.1, 0.15) is 5.82 Å². The molecule has 1 atom stereocenters. The molecule has 0 aromatic heterocycles. The van der Waals surface area contributed by atoms with E-state index in [9.17, 15) is 17.6 Å². The van der Waals surface area contributed by atoms with E-state index in [1.165, 1.54) is 32.1 Å². The fourth-order valence-electron chi connectivity index (χ4n) is 2.83. The molecule has 0 aliphatic carbocycles. The third kappa shape index (κ3) is 4.48. The van der Waals surface area contributed by atoms with Gasteiger partial charge in [-0.2, -0.15) is 13.2 Å². The zero-order valence-electron chi connectivity index (χ0n) is 14.4. The summed E-state index contributed by atoms with van der Waals surface area (Å²) in [5.41, 5.74) is 8.61. The molecule has 5 heteroatoms. The van der Waals surface area contributed by atoms with Crippen molar-refractivity contribution in [2.75, 3.05) is 0 Å². The first-order valence-corrected chi connectivity index (χ1v) is 7.94. The van der Waals surface area contributed by atoms with Crippen LogP contribution in [0.2, 0.25) is 0 Å². The van der Waals surface area contributed by atoms with Crippen LogP contribution in [0.5, 0.6) is 0 Å². The Hall–Kier alpha value is -2.14. The largest absolute Gasteiger partial charge is 0.399 e. The number of allylic oxidation sites excluding steroid dienone is 1. The van der Waals surface area contributed by atoms with Crippen LogP contribution in [-0.2, 0) is 6.54 Å². The molecule has 2 N–H and O–H groups in total. The summed E-state index contributed by atoms with van der Waals surface area (Å²) in [7, 11) is 0. The summed E-state index contributed by atoms with van der Waals surface area (Å²) in [4.78, 5) is 0. The Morgan fingerprint density at radius 3 is 2.08 bits per heavy atom. The first kappa shape index (κ1) is 19.2. The van der Waals surface area contributed by atoms with Crippen molar-refractivity contribution in [3.8, 4) is 0 Å². The molecule has 0 saturated heterocycles. The standard InChI is InChI=1S/C20H21F4N/c1-12-8-15(4-6-16(12)11-25)5-7-18(20(22,23)24)17-9-13(2)19(21)14(3)10-17/h4-10,18H,11,25H2,1-3H3/b7-5+. The van der Waals surface area contributed by atoms with Gasteiger partial charge < -0.3 is 5.73 Å². The summed E-state index contributed by atoms with van der Waals surface area (Å²) >= 11 is 0. The summed E-state index contributed by atoms with van der Waals surface area (Å²) in [6.45, 7) is 5.19. The summed E-state index contributed by atoms with van der Waals surface area (Å²) in [6, 6.07) is 7.86. The van der Waals surface area contributed by atoms with E-state index in [0.717, 1.165) is 17.2 Å². The Morgan fingerprint density at radius 1 is 1.00 bits per heavy atom. The summed E-state index contributed by atoms with van der Waals surface area (Å²) < 4.78 is 54.3. The number of alkyl halides is 3. The average Bonchev–Trinajstić information content (AvgIpc) is 2.51. The predicted molar refractivity (Wildman–Crippen MR) is 92.8 cm³/mol. The van der Waals surface area contributed by atoms with E-state index in [4.69, 9.17) is 5.73 Å². The molecule has 0 amide bonds. The minimum absolute atomic E-state index is 0.0375. The van der Waals surface area contributed by atoms with Crippen LogP contribution in [0.25, 0.3) is 6.08 Å². The second-order valence-electron chi connectivity index (χ2n) is 6.24. The zero-order valence-corrected chi connectivity index (χ0v) is 14.4. The maximum atomic E-state index is 13.7. The summed E-state index contributed by atoms with van der Waals surface area (Å²) in [5.74, 6) is -2.26. The molecule has 1 nitrogen and oxygen atoms in total. The van der Waals surface area contributed by atoms with Crippen LogP contribution in [0.1, 0.15) is 39.3 Å². The Kier molecular flexibility index (Phi) is 5.68. The highest BCUT2D eigenvalue weighted by molar-refractivity contribution is 5.53. The first-order valence-electron chi connectivity index (χ1n) is 7.94. The Morgan fingerprint density at radius 2 is 1.60 bits per heavy atom. The fraction of sp³-hybridized carbons (Fsp3) is 0.300. The molecule has 0 fully saturated rings. The van der Waals surface area contributed by atoms with Crippen LogP contribution >= 0.6 is 0 Å². The molecule has 0 heterocycles. The third-order valence-corrected chi connectivity index (χ3v) is 4.24. The third-order valence-electron chi connectivity index (χ3n) is 4.24. The average molecular weight is 351 g/mol. The predicted octanol–water partition coefficient (Wildman–Crippen LogP) is 5.57. The number of hydrogen-bond donors (Lipinski definition) is 1. The van der Waals surface area contributed by atoms with Gasteiger partial charge in [-0.15, -0.1) is 0 Å². The molecule has 0 aliphatic rings. The van der Waals surface area contributed by atoms with Gasteiger partial charge in [0, 0.05) is 6.54 Å². The Labute approximate surface area is 145 Å². The van der Waals surface area contributed by atoms with Gasteiger partial charge >= 0.3 is 6.18 Å². The zero-order chi connectivity index (χ0) is 18.8. The van der Waals surface area contributed by atoms with E-state index < -0.39 is 17.9 Å².